The van der Waals surface area contributed by atoms with Crippen molar-refractivity contribution in [3.8, 4) is 16.9 Å². The Labute approximate surface area is 193 Å². The fraction of sp³-hybridized carbons (Fsp3) is 0.259. The molecule has 0 heterocycles. The summed E-state index contributed by atoms with van der Waals surface area (Å²) in [5.74, 6) is -2.00. The molecule has 0 radical (unpaired) electrons. The van der Waals surface area contributed by atoms with Crippen LogP contribution < -0.4 is 10.1 Å². The van der Waals surface area contributed by atoms with Crippen LogP contribution in [-0.2, 0) is 16.0 Å². The van der Waals surface area contributed by atoms with Crippen LogP contribution in [0.4, 0.5) is 0 Å². The third-order valence-electron chi connectivity index (χ3n) is 5.46. The summed E-state index contributed by atoms with van der Waals surface area (Å²) < 4.78 is 5.69. The molecule has 172 valence electrons. The van der Waals surface area contributed by atoms with Crippen molar-refractivity contribution >= 4 is 11.9 Å². The zero-order valence-electron chi connectivity index (χ0n) is 18.4. The van der Waals surface area contributed by atoms with Gasteiger partial charge in [0.25, 0.3) is 0 Å². The number of benzene rings is 3. The first-order chi connectivity index (χ1) is 16.0. The predicted molar refractivity (Wildman–Crippen MR) is 127 cm³/mol. The van der Waals surface area contributed by atoms with Crippen LogP contribution >= 0.6 is 0 Å². The summed E-state index contributed by atoms with van der Waals surface area (Å²) in [7, 11) is 0. The molecule has 3 N–H and O–H groups in total. The minimum Gasteiger partial charge on any atom is -0.493 e. The number of aliphatic carboxylic acids is 2. The van der Waals surface area contributed by atoms with Crippen molar-refractivity contribution in [3.05, 3.63) is 90.5 Å². The van der Waals surface area contributed by atoms with Crippen LogP contribution in [0.15, 0.2) is 84.9 Å². The highest BCUT2D eigenvalue weighted by Gasteiger charge is 2.24. The summed E-state index contributed by atoms with van der Waals surface area (Å²) >= 11 is 0. The van der Waals surface area contributed by atoms with Crippen molar-refractivity contribution < 1.29 is 24.5 Å². The van der Waals surface area contributed by atoms with Gasteiger partial charge in [-0.3, -0.25) is 9.59 Å². The van der Waals surface area contributed by atoms with Crippen LogP contribution in [0.25, 0.3) is 11.1 Å². The monoisotopic (exact) mass is 447 g/mol. The molecular weight excluding hydrogens is 418 g/mol. The molecule has 0 aromatic heterocycles. The molecule has 6 nitrogen and oxygen atoms in total. The quantitative estimate of drug-likeness (QED) is 0.360. The fourth-order valence-corrected chi connectivity index (χ4v) is 3.78. The lowest BCUT2D eigenvalue weighted by atomic mass is 9.89. The van der Waals surface area contributed by atoms with E-state index < -0.39 is 17.9 Å². The number of carboxylic acid groups (broad SMARTS) is 2. The second-order valence-corrected chi connectivity index (χ2v) is 8.05. The van der Waals surface area contributed by atoms with Crippen molar-refractivity contribution in [3.63, 3.8) is 0 Å². The third kappa shape index (κ3) is 8.09. The highest BCUT2D eigenvalue weighted by atomic mass is 16.5. The van der Waals surface area contributed by atoms with Crippen LogP contribution in [0.1, 0.15) is 12.0 Å². The molecular formula is C27H29NO5. The van der Waals surface area contributed by atoms with Gasteiger partial charge in [0.2, 0.25) is 0 Å². The van der Waals surface area contributed by atoms with Gasteiger partial charge in [-0.15, -0.1) is 0 Å². The largest absolute Gasteiger partial charge is 0.493 e. The average Bonchev–Trinajstić information content (AvgIpc) is 2.83. The summed E-state index contributed by atoms with van der Waals surface area (Å²) in [6.07, 6.45) is 1.01. The van der Waals surface area contributed by atoms with Gasteiger partial charge in [0.05, 0.1) is 12.5 Å². The SMILES string of the molecule is O=C(O)CNCC(Cc1ccc(-c2ccccc2)cc1)CC(COc1ccccc1)C(=O)O. The lowest BCUT2D eigenvalue weighted by Gasteiger charge is -2.22. The number of ether oxygens (including phenoxy) is 1. The van der Waals surface area contributed by atoms with Gasteiger partial charge < -0.3 is 20.3 Å². The second-order valence-electron chi connectivity index (χ2n) is 8.05. The van der Waals surface area contributed by atoms with Crippen LogP contribution in [0.5, 0.6) is 5.75 Å². The van der Waals surface area contributed by atoms with E-state index in [-0.39, 0.29) is 19.1 Å². The van der Waals surface area contributed by atoms with Crippen molar-refractivity contribution in [2.24, 2.45) is 11.8 Å². The smallest absolute Gasteiger partial charge is 0.317 e. The molecule has 6 heteroatoms. The van der Waals surface area contributed by atoms with Gasteiger partial charge in [-0.05, 0) is 54.1 Å². The number of hydrogen-bond donors (Lipinski definition) is 3. The van der Waals surface area contributed by atoms with E-state index >= 15 is 0 Å². The first-order valence-electron chi connectivity index (χ1n) is 11.0. The number of hydrogen-bond acceptors (Lipinski definition) is 4. The Hall–Kier alpha value is -3.64. The molecule has 0 spiro atoms. The molecule has 0 amide bonds. The lowest BCUT2D eigenvalue weighted by molar-refractivity contribution is -0.143. The molecule has 0 saturated heterocycles. The molecule has 0 saturated carbocycles. The van der Waals surface area contributed by atoms with Crippen molar-refractivity contribution in [2.45, 2.75) is 12.8 Å². The van der Waals surface area contributed by atoms with Crippen LogP contribution in [0.3, 0.4) is 0 Å². The summed E-state index contributed by atoms with van der Waals surface area (Å²) in [5.41, 5.74) is 3.32. The van der Waals surface area contributed by atoms with Crippen molar-refractivity contribution in [1.29, 1.82) is 0 Å². The molecule has 0 aliphatic rings. The highest BCUT2D eigenvalue weighted by Crippen LogP contribution is 2.23. The minimum absolute atomic E-state index is 0.0573. The van der Waals surface area contributed by atoms with Gasteiger partial charge >= 0.3 is 11.9 Å². The molecule has 2 unspecified atom stereocenters. The maximum atomic E-state index is 11.9. The maximum absolute atomic E-state index is 11.9. The number of carbonyl (C=O) groups is 2. The van der Waals surface area contributed by atoms with Crippen LogP contribution in [-0.4, -0.2) is 41.8 Å². The topological polar surface area (TPSA) is 95.9 Å². The second kappa shape index (κ2) is 12.4. The summed E-state index contributed by atoms with van der Waals surface area (Å²) in [6, 6.07) is 27.4. The van der Waals surface area contributed by atoms with Gasteiger partial charge in [0.1, 0.15) is 12.4 Å². The number of rotatable bonds is 13. The van der Waals surface area contributed by atoms with Gasteiger partial charge in [-0.25, -0.2) is 0 Å². The maximum Gasteiger partial charge on any atom is 0.317 e. The van der Waals surface area contributed by atoms with Crippen LogP contribution in [0, 0.1) is 11.8 Å². The summed E-state index contributed by atoms with van der Waals surface area (Å²) in [5, 5.41) is 21.6. The number of para-hydroxylation sites is 1. The van der Waals surface area contributed by atoms with E-state index in [1.807, 2.05) is 48.5 Å². The van der Waals surface area contributed by atoms with Crippen molar-refractivity contribution in [2.75, 3.05) is 19.7 Å². The molecule has 0 bridgehead atoms. The molecule has 3 aromatic carbocycles. The Balaban J connectivity index is 1.67. The van der Waals surface area contributed by atoms with E-state index in [0.29, 0.717) is 25.1 Å². The molecule has 0 fully saturated rings. The Bertz CT molecular complexity index is 1010. The third-order valence-corrected chi connectivity index (χ3v) is 5.46. The molecule has 3 rings (SSSR count). The Morgan fingerprint density at radius 1 is 0.818 bits per heavy atom. The first-order valence-corrected chi connectivity index (χ1v) is 11.0. The average molecular weight is 448 g/mol. The molecule has 3 aromatic rings. The van der Waals surface area contributed by atoms with E-state index in [4.69, 9.17) is 9.84 Å². The Morgan fingerprint density at radius 2 is 1.42 bits per heavy atom. The van der Waals surface area contributed by atoms with Crippen LogP contribution in [0.2, 0.25) is 0 Å². The van der Waals surface area contributed by atoms with E-state index in [1.54, 1.807) is 12.1 Å². The summed E-state index contributed by atoms with van der Waals surface area (Å²) in [6.45, 7) is 0.297. The minimum atomic E-state index is -0.942. The highest BCUT2D eigenvalue weighted by molar-refractivity contribution is 5.70. The zero-order valence-corrected chi connectivity index (χ0v) is 18.4. The first kappa shape index (κ1) is 24.0. The van der Waals surface area contributed by atoms with Gasteiger partial charge in [0.15, 0.2) is 0 Å². The Kier molecular flexibility index (Phi) is 9.03. The van der Waals surface area contributed by atoms with Gasteiger partial charge in [0, 0.05) is 0 Å². The normalized spacial score (nSPS) is 12.6. The number of nitrogens with one attached hydrogen (secondary N) is 1. The van der Waals surface area contributed by atoms with Gasteiger partial charge in [-0.1, -0.05) is 72.8 Å². The Morgan fingerprint density at radius 3 is 2.03 bits per heavy atom. The standard InChI is InChI=1S/C27H29NO5/c29-26(30)18-28-17-21(16-24(27(31)32)19-33-25-9-5-2-6-10-25)15-20-11-13-23(14-12-20)22-7-3-1-4-8-22/h1-14,21,24,28H,15-19H2,(H,29,30)(H,31,32). The zero-order chi connectivity index (χ0) is 23.5. The van der Waals surface area contributed by atoms with E-state index in [2.05, 4.69) is 29.6 Å². The molecule has 2 atom stereocenters. The lowest BCUT2D eigenvalue weighted by Crippen LogP contribution is -2.33. The number of carboxylic acids is 2. The van der Waals surface area contributed by atoms with E-state index in [0.717, 1.165) is 16.7 Å². The molecule has 0 aliphatic heterocycles. The van der Waals surface area contributed by atoms with E-state index in [1.165, 1.54) is 0 Å². The van der Waals surface area contributed by atoms with Gasteiger partial charge in [-0.2, -0.15) is 0 Å². The van der Waals surface area contributed by atoms with E-state index in [9.17, 15) is 14.7 Å². The predicted octanol–water partition coefficient (Wildman–Crippen LogP) is 4.36. The molecule has 0 aliphatic carbocycles. The molecule has 33 heavy (non-hydrogen) atoms. The summed E-state index contributed by atoms with van der Waals surface area (Å²) in [4.78, 5) is 22.8. The van der Waals surface area contributed by atoms with Crippen molar-refractivity contribution in [1.82, 2.24) is 5.32 Å². The fourth-order valence-electron chi connectivity index (χ4n) is 3.78.